The molecule has 0 radical (unpaired) electrons. The molecule has 3 heterocycles. The number of hydrogen-bond acceptors (Lipinski definition) is 5. The van der Waals surface area contributed by atoms with Crippen molar-refractivity contribution in [3.8, 4) is 0 Å². The zero-order valence-electron chi connectivity index (χ0n) is 14.5. The molecule has 0 atom stereocenters. The molecule has 0 saturated carbocycles. The van der Waals surface area contributed by atoms with E-state index >= 15 is 0 Å². The van der Waals surface area contributed by atoms with Gasteiger partial charge in [0.05, 0.1) is 23.7 Å². The van der Waals surface area contributed by atoms with E-state index < -0.39 is 15.4 Å². The van der Waals surface area contributed by atoms with Crippen LogP contribution in [0.5, 0.6) is 0 Å². The zero-order valence-corrected chi connectivity index (χ0v) is 18.6. The van der Waals surface area contributed by atoms with Crippen LogP contribution < -0.4 is 0 Å². The van der Waals surface area contributed by atoms with Crippen molar-refractivity contribution in [2.75, 3.05) is 0 Å². The predicted molar refractivity (Wildman–Crippen MR) is 103 cm³/mol. The Morgan fingerprint density at radius 2 is 1.30 bits per heavy atom. The molecule has 5 nitrogen and oxygen atoms in total. The van der Waals surface area contributed by atoms with Crippen molar-refractivity contribution in [3.63, 3.8) is 0 Å². The van der Waals surface area contributed by atoms with E-state index in [2.05, 4.69) is 19.9 Å². The molecule has 0 aliphatic heterocycles. The van der Waals surface area contributed by atoms with E-state index in [-0.39, 0.29) is 6.61 Å². The fraction of sp³-hybridized carbons (Fsp3) is 0.211. The molecule has 3 aromatic rings. The van der Waals surface area contributed by atoms with Crippen molar-refractivity contribution in [2.45, 2.75) is 26.2 Å². The number of halogens is 2. The Morgan fingerprint density at radius 3 is 1.78 bits per heavy atom. The Hall–Kier alpha value is -1.41. The molecule has 0 fully saturated rings. The molecule has 1 N–H and O–H groups in total. The molecule has 0 aliphatic rings. The van der Waals surface area contributed by atoms with Gasteiger partial charge >= 0.3 is 34.7 Å². The Labute approximate surface area is 175 Å². The molecule has 0 saturated heterocycles. The SMILES string of the molecule is OCc1ccnc(CN(Cc2ccccn2)Cc2ccccn2)c1.[Cl][Os][Cl]. The summed E-state index contributed by atoms with van der Waals surface area (Å²) < 4.78 is 0. The summed E-state index contributed by atoms with van der Waals surface area (Å²) in [5, 5.41) is 9.31. The second-order valence-corrected chi connectivity index (χ2v) is 9.32. The first-order valence-corrected chi connectivity index (χ1v) is 14.5. The average molecular weight is 582 g/mol. The molecule has 3 aromatic heterocycles. The Bertz CT molecular complexity index is 739. The quantitative estimate of drug-likeness (QED) is 0.458. The van der Waals surface area contributed by atoms with Gasteiger partial charge in [0, 0.05) is 38.2 Å². The van der Waals surface area contributed by atoms with Gasteiger partial charge < -0.3 is 5.11 Å². The third-order valence-electron chi connectivity index (χ3n) is 3.67. The van der Waals surface area contributed by atoms with Gasteiger partial charge in [-0.1, -0.05) is 12.1 Å². The van der Waals surface area contributed by atoms with Gasteiger partial charge in [0.15, 0.2) is 0 Å². The molecule has 0 aliphatic carbocycles. The summed E-state index contributed by atoms with van der Waals surface area (Å²) in [6.07, 6.45) is 5.35. The molecular weight excluding hydrogens is 561 g/mol. The third kappa shape index (κ3) is 8.42. The number of hydrogen-bond donors (Lipinski definition) is 1. The maximum absolute atomic E-state index is 9.31. The molecule has 0 unspecified atom stereocenters. The number of pyridine rings is 3. The van der Waals surface area contributed by atoms with Crippen molar-refractivity contribution in [3.05, 3.63) is 89.8 Å². The van der Waals surface area contributed by atoms with Gasteiger partial charge in [-0.05, 0) is 42.0 Å². The summed E-state index contributed by atoms with van der Waals surface area (Å²) >= 11 is -0.639. The van der Waals surface area contributed by atoms with Crippen molar-refractivity contribution in [1.82, 2.24) is 19.9 Å². The van der Waals surface area contributed by atoms with Crippen LogP contribution in [0.3, 0.4) is 0 Å². The maximum atomic E-state index is 9.31. The van der Waals surface area contributed by atoms with Crippen molar-refractivity contribution in [1.29, 1.82) is 0 Å². The first kappa shape index (κ1) is 21.9. The molecule has 0 spiro atoms. The molecule has 3 rings (SSSR count). The first-order chi connectivity index (χ1) is 13.2. The van der Waals surface area contributed by atoms with Crippen LogP contribution in [0, 0.1) is 0 Å². The monoisotopic (exact) mass is 582 g/mol. The molecule has 0 bridgehead atoms. The number of aliphatic hydroxyl groups is 1. The molecule has 0 aromatic carbocycles. The predicted octanol–water partition coefficient (Wildman–Crippen LogP) is 3.94. The molecule has 8 heteroatoms. The van der Waals surface area contributed by atoms with Crippen LogP contribution >= 0.6 is 19.3 Å². The van der Waals surface area contributed by atoms with Gasteiger partial charge in [-0.3, -0.25) is 19.9 Å². The van der Waals surface area contributed by atoms with Gasteiger partial charge in [0.25, 0.3) is 0 Å². The van der Waals surface area contributed by atoms with Crippen molar-refractivity contribution < 1.29 is 20.5 Å². The fourth-order valence-electron chi connectivity index (χ4n) is 2.55. The van der Waals surface area contributed by atoms with E-state index in [4.69, 9.17) is 19.3 Å². The van der Waals surface area contributed by atoms with Crippen LogP contribution in [-0.4, -0.2) is 25.0 Å². The van der Waals surface area contributed by atoms with Crippen LogP contribution in [0.2, 0.25) is 0 Å². The van der Waals surface area contributed by atoms with E-state index in [0.29, 0.717) is 19.6 Å². The second-order valence-electron chi connectivity index (χ2n) is 5.65. The Kier molecular flexibility index (Phi) is 10.4. The summed E-state index contributed by atoms with van der Waals surface area (Å²) in [4.78, 5) is 15.5. The van der Waals surface area contributed by atoms with Crippen LogP contribution in [0.4, 0.5) is 0 Å². The van der Waals surface area contributed by atoms with Crippen LogP contribution in [0.25, 0.3) is 0 Å². The van der Waals surface area contributed by atoms with Gasteiger partial charge in [-0.15, -0.1) is 0 Å². The van der Waals surface area contributed by atoms with Crippen LogP contribution in [-0.2, 0) is 41.6 Å². The van der Waals surface area contributed by atoms with Gasteiger partial charge in [-0.25, -0.2) is 0 Å². The van der Waals surface area contributed by atoms with Crippen LogP contribution in [0.1, 0.15) is 22.6 Å². The number of aliphatic hydroxyl groups excluding tert-OH is 1. The number of aromatic nitrogens is 3. The van der Waals surface area contributed by atoms with E-state index in [9.17, 15) is 5.11 Å². The third-order valence-corrected chi connectivity index (χ3v) is 3.67. The van der Waals surface area contributed by atoms with E-state index in [1.165, 1.54) is 0 Å². The second kappa shape index (κ2) is 12.9. The fourth-order valence-corrected chi connectivity index (χ4v) is 2.55. The Morgan fingerprint density at radius 1 is 0.778 bits per heavy atom. The topological polar surface area (TPSA) is 62.1 Å². The minimum atomic E-state index is -0.639. The summed E-state index contributed by atoms with van der Waals surface area (Å²) in [6, 6.07) is 15.6. The van der Waals surface area contributed by atoms with Crippen LogP contribution in [0.15, 0.2) is 67.1 Å². The van der Waals surface area contributed by atoms with Gasteiger partial charge in [-0.2, -0.15) is 0 Å². The molecular formula is C19H20Cl2N4OOs. The zero-order chi connectivity index (χ0) is 19.3. The summed E-state index contributed by atoms with van der Waals surface area (Å²) in [7, 11) is 9.81. The summed E-state index contributed by atoms with van der Waals surface area (Å²) in [5.41, 5.74) is 3.81. The number of nitrogens with zero attached hydrogens (tertiary/aromatic N) is 4. The van der Waals surface area contributed by atoms with Gasteiger partial charge in [0.2, 0.25) is 0 Å². The standard InChI is InChI=1S/C19H20N4O.2ClH.Os/c24-15-16-7-10-22-19(11-16)14-23(12-17-5-1-3-8-20-17)13-18-6-2-4-9-21-18;;;/h1-11,24H,12-15H2;2*1H;/q;;;+2/p-2. The number of rotatable bonds is 7. The average Bonchev–Trinajstić information content (AvgIpc) is 2.70. The molecule has 0 amide bonds. The van der Waals surface area contributed by atoms with E-state index in [1.807, 2.05) is 48.5 Å². The van der Waals surface area contributed by atoms with E-state index in [0.717, 1.165) is 22.6 Å². The molecule has 144 valence electrons. The first-order valence-electron chi connectivity index (χ1n) is 8.17. The van der Waals surface area contributed by atoms with Crippen molar-refractivity contribution in [2.24, 2.45) is 0 Å². The normalized spacial score (nSPS) is 10.5. The summed E-state index contributed by atoms with van der Waals surface area (Å²) in [6.45, 7) is 2.11. The van der Waals surface area contributed by atoms with Crippen molar-refractivity contribution >= 4 is 19.3 Å². The Balaban J connectivity index is 0.000000817. The minimum absolute atomic E-state index is 0.0238. The van der Waals surface area contributed by atoms with E-state index in [1.54, 1.807) is 18.6 Å². The molecule has 27 heavy (non-hydrogen) atoms. The summed E-state index contributed by atoms with van der Waals surface area (Å²) in [5.74, 6) is 0. The van der Waals surface area contributed by atoms with Gasteiger partial charge in [0.1, 0.15) is 0 Å².